The summed E-state index contributed by atoms with van der Waals surface area (Å²) in [5.74, 6) is -8.63. The number of likely N-dealkylation sites (tertiary alicyclic amines) is 1. The molecule has 3 N–H and O–H groups in total. The van der Waals surface area contributed by atoms with E-state index < -0.39 is 172 Å². The molecule has 7 rings (SSSR count). The van der Waals surface area contributed by atoms with Gasteiger partial charge in [-0.05, 0) is 132 Å². The third kappa shape index (κ3) is 20.3. The zero-order chi connectivity index (χ0) is 76.8. The first-order valence-corrected chi connectivity index (χ1v) is 38.7. The van der Waals surface area contributed by atoms with Crippen LogP contribution in [-0.4, -0.2) is 250 Å². The van der Waals surface area contributed by atoms with E-state index >= 15 is 38.4 Å². The highest BCUT2D eigenvalue weighted by molar-refractivity contribution is 6.31. The van der Waals surface area contributed by atoms with Crippen LogP contribution in [0.5, 0.6) is 0 Å². The maximum Gasteiger partial charge on any atom is 0.417 e. The highest BCUT2D eigenvalue weighted by Gasteiger charge is 2.52. The van der Waals surface area contributed by atoms with Gasteiger partial charge in [-0.25, -0.2) is 0 Å². The normalized spacial score (nSPS) is 27.7. The Hall–Kier alpha value is -7.06. The Morgan fingerprint density at radius 1 is 0.625 bits per heavy atom. The smallest absolute Gasteiger partial charge is 0.343 e. The Morgan fingerprint density at radius 3 is 1.80 bits per heavy atom. The van der Waals surface area contributed by atoms with Crippen molar-refractivity contribution in [2.45, 2.75) is 275 Å². The molecule has 0 radical (unpaired) electrons. The number of piperidine rings is 1. The van der Waals surface area contributed by atoms with E-state index in [-0.39, 0.29) is 69.7 Å². The van der Waals surface area contributed by atoms with Gasteiger partial charge >= 0.3 is 6.18 Å². The van der Waals surface area contributed by atoms with Crippen LogP contribution < -0.4 is 16.0 Å². The molecule has 1 unspecified atom stereocenters. The summed E-state index contributed by atoms with van der Waals surface area (Å²) in [6, 6.07) is -7.90. The van der Waals surface area contributed by atoms with Crippen molar-refractivity contribution in [2.75, 3.05) is 75.5 Å². The molecule has 1 aromatic carbocycles. The van der Waals surface area contributed by atoms with E-state index in [1.54, 1.807) is 18.7 Å². The van der Waals surface area contributed by atoms with Gasteiger partial charge in [0.05, 0.1) is 23.6 Å². The summed E-state index contributed by atoms with van der Waals surface area (Å²) < 4.78 is 41.8. The molecule has 24 nitrogen and oxygen atoms in total. The number of benzene rings is 1. The Morgan fingerprint density at radius 2 is 1.23 bits per heavy atom. The summed E-state index contributed by atoms with van der Waals surface area (Å²) in [5, 5.41) is 8.24. The summed E-state index contributed by atoms with van der Waals surface area (Å²) in [7, 11) is 10.1. The van der Waals surface area contributed by atoms with E-state index in [0.29, 0.717) is 70.0 Å². The van der Waals surface area contributed by atoms with Crippen molar-refractivity contribution in [3.63, 3.8) is 0 Å². The van der Waals surface area contributed by atoms with Gasteiger partial charge < -0.3 is 60.0 Å². The van der Waals surface area contributed by atoms with E-state index in [2.05, 4.69) is 16.0 Å². The van der Waals surface area contributed by atoms with Gasteiger partial charge in [-0.2, -0.15) is 13.2 Å². The van der Waals surface area contributed by atoms with Crippen molar-refractivity contribution in [2.24, 2.45) is 23.7 Å². The number of nitrogens with one attached hydrogen (secondary N) is 3. The highest BCUT2D eigenvalue weighted by Crippen LogP contribution is 2.39. The van der Waals surface area contributed by atoms with Crippen molar-refractivity contribution in [1.29, 1.82) is 0 Å². The third-order valence-corrected chi connectivity index (χ3v) is 23.8. The van der Waals surface area contributed by atoms with Crippen LogP contribution in [0.4, 0.5) is 13.2 Å². The van der Waals surface area contributed by atoms with E-state index in [1.807, 2.05) is 20.8 Å². The summed E-state index contributed by atoms with van der Waals surface area (Å²) in [6.45, 7) is 11.0. The minimum absolute atomic E-state index is 0.0180. The van der Waals surface area contributed by atoms with Gasteiger partial charge in [-0.15, -0.1) is 0 Å². The van der Waals surface area contributed by atoms with Crippen molar-refractivity contribution in [1.82, 2.24) is 60.0 Å². The van der Waals surface area contributed by atoms with Crippen LogP contribution in [0.25, 0.3) is 0 Å². The number of likely N-dealkylation sites (N-methyl/N-ethyl adjacent to an activating group) is 7. The van der Waals surface area contributed by atoms with Crippen molar-refractivity contribution >= 4 is 82.5 Å². The van der Waals surface area contributed by atoms with Gasteiger partial charge in [0.25, 0.3) is 0 Å². The van der Waals surface area contributed by atoms with Gasteiger partial charge in [-0.1, -0.05) is 129 Å². The number of nitrogens with zero attached hydrogens (tertiary/aromatic N) is 9. The summed E-state index contributed by atoms with van der Waals surface area (Å²) in [4.78, 5) is 194. The lowest BCUT2D eigenvalue weighted by Crippen LogP contribution is -2.65. The maximum absolute atomic E-state index is 15.9. The molecule has 0 aromatic heterocycles. The monoisotopic (exact) mass is 1480 g/mol. The quantitative estimate of drug-likeness (QED) is 0.172. The van der Waals surface area contributed by atoms with Crippen LogP contribution in [0, 0.1) is 23.7 Å². The number of alkyl halides is 3. The molecule has 3 heterocycles. The minimum Gasteiger partial charge on any atom is -0.343 e. The molecule has 3 aliphatic heterocycles. The molecule has 6 fully saturated rings. The van der Waals surface area contributed by atoms with E-state index in [9.17, 15) is 32.3 Å². The number of aryl methyl sites for hydroxylation is 1. The fraction of sp³-hybridized carbons (Fsp3) is 0.763. The lowest BCUT2D eigenvalue weighted by atomic mass is 9.81. The maximum atomic E-state index is 15.9. The summed E-state index contributed by atoms with van der Waals surface area (Å²) >= 11 is 6.19. The first-order chi connectivity index (χ1) is 49.1. The van der Waals surface area contributed by atoms with Gasteiger partial charge in [0.2, 0.25) is 70.9 Å². The Kier molecular flexibility index (Phi) is 30.3. The zero-order valence-electron chi connectivity index (χ0n) is 63.9. The van der Waals surface area contributed by atoms with Crippen molar-refractivity contribution in [3.05, 3.63) is 34.3 Å². The molecule has 10 atom stereocenters. The van der Waals surface area contributed by atoms with Crippen LogP contribution in [0.3, 0.4) is 0 Å². The molecule has 1 spiro atoms. The van der Waals surface area contributed by atoms with E-state index in [4.69, 9.17) is 11.6 Å². The Balaban J connectivity index is 1.32. The molecule has 1 aromatic rings. The molecule has 6 aliphatic rings. The van der Waals surface area contributed by atoms with Crippen LogP contribution in [-0.2, 0) is 70.1 Å². The lowest BCUT2D eigenvalue weighted by Gasteiger charge is -2.45. The standard InChI is InChI=1S/C76H118ClF3N12O12/c1-14-27-56-66(96)83-75(37-23-24-38-75)74(104)90(13)64(52-30-21-17-22-31-52)73(103)89(12)60(71(101)91-39-25-18-26-40-91)45-62(94)86(9)58(42-47(3)4)65(95)82-63(48(5)15-2)72(102)85(8)49(6)67(97)92-41-36-57(92)70(100)88(11)59(44-50-28-19-16-20-29-50)69(99)84(7)46-61(93)81-55(68(98)87(56)10)35-33-51-32-34-53(54(77)43-51)76(78,79)80/h32,34,43,47-50,52,55-60,63-64H,14-31,33,35-42,44-46H2,1-13H3,(H,81,93)(H,82,95)(H,83,96)/t48-,49-,55-,56-,57?,58-,59-,60-,63-,64-/m0/s1. The second kappa shape index (κ2) is 37.5. The molecule has 3 saturated carbocycles. The Bertz CT molecular complexity index is 3230. The number of amides is 12. The topological polar surface area (TPSA) is 270 Å². The first-order valence-electron chi connectivity index (χ1n) is 38.3. The van der Waals surface area contributed by atoms with Gasteiger partial charge in [-0.3, -0.25) is 57.5 Å². The van der Waals surface area contributed by atoms with E-state index in [1.165, 1.54) is 96.6 Å². The van der Waals surface area contributed by atoms with Crippen molar-refractivity contribution < 1.29 is 70.7 Å². The lowest BCUT2D eigenvalue weighted by molar-refractivity contribution is -0.160. The fourth-order valence-electron chi connectivity index (χ4n) is 16.4. The first kappa shape index (κ1) is 84.2. The second-order valence-electron chi connectivity index (χ2n) is 31.2. The molecular weight excluding hydrogens is 1370 g/mol. The molecule has 3 saturated heterocycles. The molecule has 12 amide bonds. The fourth-order valence-corrected chi connectivity index (χ4v) is 16.7. The second-order valence-corrected chi connectivity index (χ2v) is 31.6. The average molecular weight is 1480 g/mol. The number of hydrogen-bond acceptors (Lipinski definition) is 12. The molecule has 582 valence electrons. The molecule has 0 bridgehead atoms. The van der Waals surface area contributed by atoms with Gasteiger partial charge in [0, 0.05) is 69.0 Å². The van der Waals surface area contributed by atoms with Crippen LogP contribution in [0.2, 0.25) is 5.02 Å². The SMILES string of the molecule is CCC[C@H]1C(=O)NC2(CCCC2)C(=O)N(C)[C@@H](C2CCCCC2)C(=O)N(C)[C@H](C(=O)N2CCCCC2)CC(=O)N(C)[C@@H](CC(C)C)C(=O)N[C@@H]([C@@H](C)CC)C(=O)N(C)[C@@H](C)C(=O)N2CCC2C(=O)N(C)[C@@H](CC2CCCCC2)C(=O)N(C)CC(=O)N[C@@H](CCc2ccc(C(F)(F)F)c(Cl)c2)C(=O)N1C. The number of rotatable bonds is 13. The third-order valence-electron chi connectivity index (χ3n) is 23.5. The molecule has 28 heteroatoms. The minimum atomic E-state index is -4.77. The zero-order valence-corrected chi connectivity index (χ0v) is 64.6. The van der Waals surface area contributed by atoms with E-state index in [0.717, 1.165) is 74.8 Å². The van der Waals surface area contributed by atoms with Crippen LogP contribution in [0.15, 0.2) is 18.2 Å². The number of carbonyl (C=O) groups is 12. The predicted molar refractivity (Wildman–Crippen MR) is 387 cm³/mol. The summed E-state index contributed by atoms with van der Waals surface area (Å²) in [6.07, 6.45) is 7.16. The summed E-state index contributed by atoms with van der Waals surface area (Å²) in [5.41, 5.74) is -2.38. The number of fused-ring (bicyclic) bond motifs is 1. The molecule has 3 aliphatic carbocycles. The van der Waals surface area contributed by atoms with Gasteiger partial charge in [0.1, 0.15) is 59.9 Å². The van der Waals surface area contributed by atoms with Crippen LogP contribution in [0.1, 0.15) is 213 Å². The average Bonchev–Trinajstić information content (AvgIpc) is 1.55. The molecule has 104 heavy (non-hydrogen) atoms. The van der Waals surface area contributed by atoms with Gasteiger partial charge in [0.15, 0.2) is 0 Å². The van der Waals surface area contributed by atoms with Crippen LogP contribution >= 0.6 is 11.6 Å². The number of carbonyl (C=O) groups excluding carboxylic acids is 12. The highest BCUT2D eigenvalue weighted by atomic mass is 35.5. The molecular formula is C76H118ClF3N12O12. The number of hydrogen-bond donors (Lipinski definition) is 3. The predicted octanol–water partition coefficient (Wildman–Crippen LogP) is 7.59. The number of halogens is 4. The Labute approximate surface area is 618 Å². The largest absolute Gasteiger partial charge is 0.417 e. The van der Waals surface area contributed by atoms with Crippen molar-refractivity contribution in [3.8, 4) is 0 Å².